The van der Waals surface area contributed by atoms with E-state index in [-0.39, 0.29) is 12.4 Å². The Morgan fingerprint density at radius 2 is 1.50 bits per heavy atom. The third kappa shape index (κ3) is 5.57. The molecule has 15 heteroatoms. The maximum absolute atomic E-state index is 13.6. The Labute approximate surface area is 178 Å². The molecule has 0 unspecified atom stereocenters. The third-order valence-corrected chi connectivity index (χ3v) is 5.29. The lowest BCUT2D eigenvalue weighted by molar-refractivity contribution is -0.295. The van der Waals surface area contributed by atoms with Gasteiger partial charge in [0.25, 0.3) is 10.0 Å². The molecule has 1 heterocycles. The molecule has 8 nitrogen and oxygen atoms in total. The summed E-state index contributed by atoms with van der Waals surface area (Å²) in [7, 11) is -4.27. The van der Waals surface area contributed by atoms with Gasteiger partial charge in [-0.25, -0.2) is 23.1 Å². The molecular weight excluding hydrogens is 468 g/mol. The molecule has 1 aromatic carbocycles. The summed E-state index contributed by atoms with van der Waals surface area (Å²) in [6.07, 6.45) is -10.0. The average molecular weight is 485 g/mol. The first-order chi connectivity index (χ1) is 14.7. The Balaban J connectivity index is 2.37. The lowest BCUT2D eigenvalue weighted by Gasteiger charge is -2.39. The van der Waals surface area contributed by atoms with Crippen molar-refractivity contribution in [2.45, 2.75) is 42.7 Å². The van der Waals surface area contributed by atoms with E-state index in [0.717, 1.165) is 17.4 Å². The van der Waals surface area contributed by atoms with Gasteiger partial charge in [-0.05, 0) is 36.8 Å². The summed E-state index contributed by atoms with van der Waals surface area (Å²) in [5.41, 5.74) is -5.53. The molecule has 0 aliphatic carbocycles. The van der Waals surface area contributed by atoms with Gasteiger partial charge in [0.2, 0.25) is 11.9 Å². The van der Waals surface area contributed by atoms with E-state index in [4.69, 9.17) is 0 Å². The number of aromatic nitrogens is 2. The van der Waals surface area contributed by atoms with Crippen LogP contribution in [0.2, 0.25) is 0 Å². The van der Waals surface area contributed by atoms with E-state index in [1.54, 1.807) is 0 Å². The summed E-state index contributed by atoms with van der Waals surface area (Å²) in [6, 6.07) is 4.36. The number of halogens is 6. The van der Waals surface area contributed by atoms with Crippen LogP contribution >= 0.6 is 0 Å². The lowest BCUT2D eigenvalue weighted by atomic mass is 10.1. The van der Waals surface area contributed by atoms with Crippen molar-refractivity contribution < 1.29 is 39.6 Å². The number of hydrogen-bond donors (Lipinski definition) is 3. The second-order valence-electron chi connectivity index (χ2n) is 6.37. The second-order valence-corrected chi connectivity index (χ2v) is 8.05. The summed E-state index contributed by atoms with van der Waals surface area (Å²) in [5.74, 6) is -1.76. The number of rotatable bonds is 8. The molecule has 0 spiro atoms. The minimum absolute atomic E-state index is 0.0162. The van der Waals surface area contributed by atoms with Gasteiger partial charge in [0.1, 0.15) is 0 Å². The van der Waals surface area contributed by atoms with Crippen LogP contribution in [0, 0.1) is 0 Å². The number of nitrogens with zero attached hydrogens (tertiary/aromatic N) is 2. The Kier molecular flexibility index (Phi) is 7.22. The monoisotopic (exact) mass is 485 g/mol. The van der Waals surface area contributed by atoms with Crippen molar-refractivity contribution in [2.75, 3.05) is 10.0 Å². The van der Waals surface area contributed by atoms with Gasteiger partial charge < -0.3 is 10.6 Å². The molecule has 1 amide bonds. The normalized spacial score (nSPS) is 12.8. The highest BCUT2D eigenvalue weighted by molar-refractivity contribution is 7.92. The molecule has 0 saturated heterocycles. The van der Waals surface area contributed by atoms with Crippen LogP contribution in [0.5, 0.6) is 0 Å². The van der Waals surface area contributed by atoms with Gasteiger partial charge in [-0.15, -0.1) is 0 Å². The van der Waals surface area contributed by atoms with Crippen LogP contribution in [0.3, 0.4) is 0 Å². The number of sulfonamides is 1. The molecule has 0 radical (unpaired) electrons. The Hall–Kier alpha value is -3.10. The molecule has 2 rings (SSSR count). The molecule has 0 saturated carbocycles. The molecule has 0 aliphatic rings. The number of hydrogen-bond acceptors (Lipinski definition) is 6. The van der Waals surface area contributed by atoms with Crippen LogP contribution in [-0.4, -0.2) is 42.3 Å². The summed E-state index contributed by atoms with van der Waals surface area (Å²) in [6.45, 7) is 1.41. The molecule has 0 fully saturated rings. The molecule has 1 aromatic heterocycles. The summed E-state index contributed by atoms with van der Waals surface area (Å²) in [4.78, 5) is 18.5. The van der Waals surface area contributed by atoms with Crippen LogP contribution in [0.15, 0.2) is 47.6 Å². The first-order valence-electron chi connectivity index (χ1n) is 8.84. The molecule has 3 N–H and O–H groups in total. The average Bonchev–Trinajstić information content (AvgIpc) is 2.67. The standard InChI is InChI=1S/C17H17F6N5O3S/c1-2-4-13(29)27-15(16(18,19)20,17(21,22)23)26-11-5-7-12(8-6-11)32(30,31)28-14-24-9-3-10-25-14/h3,5-10,26H,2,4H2,1H3,(H,27,29)(H,24,25,28). The molecule has 32 heavy (non-hydrogen) atoms. The zero-order valence-corrected chi connectivity index (χ0v) is 17.1. The quantitative estimate of drug-likeness (QED) is 0.390. The van der Waals surface area contributed by atoms with Crippen molar-refractivity contribution in [3.63, 3.8) is 0 Å². The largest absolute Gasteiger partial charge is 0.439 e. The van der Waals surface area contributed by atoms with E-state index in [0.29, 0.717) is 12.1 Å². The molecule has 0 atom stereocenters. The first-order valence-corrected chi connectivity index (χ1v) is 10.3. The highest BCUT2D eigenvalue weighted by Gasteiger charge is 2.72. The zero-order valence-electron chi connectivity index (χ0n) is 16.3. The predicted molar refractivity (Wildman–Crippen MR) is 101 cm³/mol. The van der Waals surface area contributed by atoms with Gasteiger partial charge in [0.05, 0.1) is 4.90 Å². The number of alkyl halides is 6. The highest BCUT2D eigenvalue weighted by Crippen LogP contribution is 2.43. The Bertz CT molecular complexity index is 1010. The SMILES string of the molecule is CCCC(=O)NC(Nc1ccc(S(=O)(=O)Nc2ncccn2)cc1)(C(F)(F)F)C(F)(F)F. The van der Waals surface area contributed by atoms with Gasteiger partial charge in [0.15, 0.2) is 0 Å². The summed E-state index contributed by atoms with van der Waals surface area (Å²) >= 11 is 0. The van der Waals surface area contributed by atoms with Crippen molar-refractivity contribution >= 4 is 27.6 Å². The van der Waals surface area contributed by atoms with Crippen LogP contribution < -0.4 is 15.4 Å². The van der Waals surface area contributed by atoms with E-state index in [9.17, 15) is 39.6 Å². The van der Waals surface area contributed by atoms with E-state index in [1.807, 2.05) is 4.72 Å². The smallest absolute Gasteiger partial charge is 0.348 e. The number of carbonyl (C=O) groups is 1. The molecule has 0 bridgehead atoms. The third-order valence-electron chi connectivity index (χ3n) is 3.94. The predicted octanol–water partition coefficient (Wildman–Crippen LogP) is 3.43. The summed E-state index contributed by atoms with van der Waals surface area (Å²) in [5, 5.41) is 2.26. The lowest BCUT2D eigenvalue weighted by Crippen LogP contribution is -2.72. The fourth-order valence-corrected chi connectivity index (χ4v) is 3.40. The fraction of sp³-hybridized carbons (Fsp3) is 0.353. The van der Waals surface area contributed by atoms with E-state index >= 15 is 0 Å². The zero-order chi connectivity index (χ0) is 24.2. The maximum atomic E-state index is 13.6. The maximum Gasteiger partial charge on any atom is 0.439 e. The van der Waals surface area contributed by atoms with Gasteiger partial charge in [-0.3, -0.25) is 4.79 Å². The van der Waals surface area contributed by atoms with Crippen molar-refractivity contribution in [2.24, 2.45) is 0 Å². The molecule has 0 aliphatic heterocycles. The van der Waals surface area contributed by atoms with Crippen molar-refractivity contribution in [3.05, 3.63) is 42.7 Å². The van der Waals surface area contributed by atoms with Crippen LogP contribution in [0.1, 0.15) is 19.8 Å². The van der Waals surface area contributed by atoms with Crippen molar-refractivity contribution in [1.29, 1.82) is 0 Å². The number of carbonyl (C=O) groups excluding carboxylic acids is 1. The number of benzene rings is 1. The van der Waals surface area contributed by atoms with Crippen molar-refractivity contribution in [3.8, 4) is 0 Å². The molecule has 176 valence electrons. The number of anilines is 2. The van der Waals surface area contributed by atoms with Gasteiger partial charge >= 0.3 is 18.0 Å². The Morgan fingerprint density at radius 1 is 0.969 bits per heavy atom. The van der Waals surface area contributed by atoms with E-state index in [1.165, 1.54) is 30.7 Å². The van der Waals surface area contributed by atoms with Gasteiger partial charge in [0, 0.05) is 24.5 Å². The number of nitrogens with one attached hydrogen (secondary N) is 3. The molecule has 2 aromatic rings. The minimum atomic E-state index is -5.98. The van der Waals surface area contributed by atoms with Gasteiger partial charge in [-0.2, -0.15) is 26.3 Å². The Morgan fingerprint density at radius 3 is 1.97 bits per heavy atom. The van der Waals surface area contributed by atoms with E-state index < -0.39 is 50.9 Å². The van der Waals surface area contributed by atoms with Crippen molar-refractivity contribution in [1.82, 2.24) is 15.3 Å². The summed E-state index contributed by atoms with van der Waals surface area (Å²) < 4.78 is 108. The minimum Gasteiger partial charge on any atom is -0.348 e. The second kappa shape index (κ2) is 9.18. The number of amides is 1. The van der Waals surface area contributed by atoms with Crippen LogP contribution in [-0.2, 0) is 14.8 Å². The highest BCUT2D eigenvalue weighted by atomic mass is 32.2. The topological polar surface area (TPSA) is 113 Å². The van der Waals surface area contributed by atoms with Crippen LogP contribution in [0.25, 0.3) is 0 Å². The van der Waals surface area contributed by atoms with Crippen LogP contribution in [0.4, 0.5) is 38.0 Å². The van der Waals surface area contributed by atoms with Gasteiger partial charge in [-0.1, -0.05) is 6.92 Å². The first kappa shape index (κ1) is 25.2. The molecular formula is C17H17F6N5O3S. The fourth-order valence-electron chi connectivity index (χ4n) is 2.44. The van der Waals surface area contributed by atoms with E-state index in [2.05, 4.69) is 9.97 Å².